The van der Waals surface area contributed by atoms with Crippen molar-refractivity contribution in [3.63, 3.8) is 0 Å². The highest BCUT2D eigenvalue weighted by molar-refractivity contribution is 5.33. The molecule has 0 radical (unpaired) electrons. The first-order valence-electron chi connectivity index (χ1n) is 5.34. The van der Waals surface area contributed by atoms with Crippen LogP contribution in [-0.2, 0) is 6.42 Å². The van der Waals surface area contributed by atoms with Crippen LogP contribution in [-0.4, -0.2) is 21.7 Å². The first-order chi connectivity index (χ1) is 7.88. The quantitative estimate of drug-likeness (QED) is 0.844. The molecule has 0 unspecified atom stereocenters. The van der Waals surface area contributed by atoms with Crippen LogP contribution in [0.3, 0.4) is 0 Å². The third-order valence-electron chi connectivity index (χ3n) is 2.19. The molecule has 0 aliphatic rings. The van der Waals surface area contributed by atoms with Gasteiger partial charge in [0.15, 0.2) is 0 Å². The zero-order valence-corrected chi connectivity index (χ0v) is 9.22. The number of aromatic nitrogens is 3. The summed E-state index contributed by atoms with van der Waals surface area (Å²) in [7, 11) is 0. The van der Waals surface area contributed by atoms with E-state index in [0.717, 1.165) is 30.0 Å². The van der Waals surface area contributed by atoms with Gasteiger partial charge in [0.25, 0.3) is 0 Å². The number of anilines is 1. The van der Waals surface area contributed by atoms with E-state index in [1.807, 2.05) is 37.4 Å². The maximum absolute atomic E-state index is 4.15. The summed E-state index contributed by atoms with van der Waals surface area (Å²) in [5.74, 6) is 0.817. The van der Waals surface area contributed by atoms with Gasteiger partial charge in [0.1, 0.15) is 5.82 Å². The van der Waals surface area contributed by atoms with Crippen LogP contribution in [0.2, 0.25) is 0 Å². The molecule has 2 heterocycles. The second-order valence-electron chi connectivity index (χ2n) is 3.48. The molecular formula is C12H14N4. The normalized spacial score (nSPS) is 10.1. The lowest BCUT2D eigenvalue weighted by Gasteiger charge is -2.02. The summed E-state index contributed by atoms with van der Waals surface area (Å²) in [5, 5.41) is 11.3. The lowest BCUT2D eigenvalue weighted by molar-refractivity contribution is 0.929. The van der Waals surface area contributed by atoms with E-state index in [9.17, 15) is 0 Å². The van der Waals surface area contributed by atoms with E-state index in [1.165, 1.54) is 0 Å². The Morgan fingerprint density at radius 1 is 1.19 bits per heavy atom. The molecule has 0 fully saturated rings. The van der Waals surface area contributed by atoms with Crippen molar-refractivity contribution in [1.82, 2.24) is 15.2 Å². The van der Waals surface area contributed by atoms with Gasteiger partial charge in [-0.05, 0) is 30.7 Å². The maximum atomic E-state index is 4.15. The van der Waals surface area contributed by atoms with Gasteiger partial charge in [-0.2, -0.15) is 5.10 Å². The second-order valence-corrected chi connectivity index (χ2v) is 3.48. The van der Waals surface area contributed by atoms with Crippen LogP contribution in [0.15, 0.2) is 36.7 Å². The summed E-state index contributed by atoms with van der Waals surface area (Å²) >= 11 is 0. The van der Waals surface area contributed by atoms with Crippen LogP contribution < -0.4 is 5.32 Å². The zero-order valence-electron chi connectivity index (χ0n) is 9.22. The van der Waals surface area contributed by atoms with Crippen molar-refractivity contribution in [3.05, 3.63) is 47.9 Å². The molecule has 16 heavy (non-hydrogen) atoms. The van der Waals surface area contributed by atoms with Gasteiger partial charge in [-0.15, -0.1) is 5.10 Å². The highest BCUT2D eigenvalue weighted by Gasteiger charge is 1.99. The van der Waals surface area contributed by atoms with Crippen molar-refractivity contribution in [3.8, 4) is 0 Å². The minimum atomic E-state index is 0.771. The summed E-state index contributed by atoms with van der Waals surface area (Å²) in [5.41, 5.74) is 2.10. The van der Waals surface area contributed by atoms with Crippen LogP contribution in [0.4, 0.5) is 5.82 Å². The van der Waals surface area contributed by atoms with E-state index in [2.05, 4.69) is 20.5 Å². The lowest BCUT2D eigenvalue weighted by Crippen LogP contribution is -2.02. The van der Waals surface area contributed by atoms with Crippen LogP contribution in [0.25, 0.3) is 0 Å². The van der Waals surface area contributed by atoms with Crippen molar-refractivity contribution in [2.75, 3.05) is 11.9 Å². The Bertz CT molecular complexity index is 425. The van der Waals surface area contributed by atoms with Gasteiger partial charge in [0.05, 0.1) is 5.69 Å². The molecule has 2 aromatic rings. The summed E-state index contributed by atoms with van der Waals surface area (Å²) in [4.78, 5) is 4.07. The predicted molar refractivity (Wildman–Crippen MR) is 63.2 cm³/mol. The van der Waals surface area contributed by atoms with Crippen molar-refractivity contribution in [1.29, 1.82) is 0 Å². The molecule has 0 bridgehead atoms. The number of pyridine rings is 1. The van der Waals surface area contributed by atoms with E-state index in [0.29, 0.717) is 0 Å². The standard InChI is InChI=1S/C12H14N4/c1-2-14-12-6-5-11(15-16-12)8-10-4-3-7-13-9-10/h3-7,9H,2,8H2,1H3,(H,14,16). The molecule has 0 saturated heterocycles. The van der Waals surface area contributed by atoms with Crippen LogP contribution >= 0.6 is 0 Å². The SMILES string of the molecule is CCNc1ccc(Cc2cccnc2)nn1. The molecule has 2 aromatic heterocycles. The minimum absolute atomic E-state index is 0.771. The molecule has 0 spiro atoms. The first kappa shape index (κ1) is 10.5. The van der Waals surface area contributed by atoms with Gasteiger partial charge in [-0.3, -0.25) is 4.98 Å². The van der Waals surface area contributed by atoms with Gasteiger partial charge in [-0.25, -0.2) is 0 Å². The van der Waals surface area contributed by atoms with Gasteiger partial charge in [0, 0.05) is 25.4 Å². The Kier molecular flexibility index (Phi) is 3.43. The predicted octanol–water partition coefficient (Wildman–Crippen LogP) is 1.89. The molecule has 0 amide bonds. The Morgan fingerprint density at radius 3 is 2.75 bits per heavy atom. The number of nitrogens with zero attached hydrogens (tertiary/aromatic N) is 3. The summed E-state index contributed by atoms with van der Waals surface area (Å²) in [6.07, 6.45) is 4.39. The molecule has 4 nitrogen and oxygen atoms in total. The Labute approximate surface area is 94.8 Å². The van der Waals surface area contributed by atoms with Crippen LogP contribution in [0.1, 0.15) is 18.2 Å². The molecule has 82 valence electrons. The molecule has 4 heteroatoms. The molecule has 2 rings (SSSR count). The number of hydrogen-bond acceptors (Lipinski definition) is 4. The summed E-state index contributed by atoms with van der Waals surface area (Å²) < 4.78 is 0. The van der Waals surface area contributed by atoms with Crippen LogP contribution in [0.5, 0.6) is 0 Å². The number of nitrogens with one attached hydrogen (secondary N) is 1. The molecule has 0 aliphatic heterocycles. The van der Waals surface area contributed by atoms with Gasteiger partial charge in [0.2, 0.25) is 0 Å². The Hall–Kier alpha value is -1.97. The molecule has 0 saturated carbocycles. The van der Waals surface area contributed by atoms with Crippen molar-refractivity contribution in [2.45, 2.75) is 13.3 Å². The van der Waals surface area contributed by atoms with E-state index >= 15 is 0 Å². The number of hydrogen-bond donors (Lipinski definition) is 1. The van der Waals surface area contributed by atoms with Gasteiger partial charge in [-0.1, -0.05) is 6.07 Å². The topological polar surface area (TPSA) is 50.7 Å². The minimum Gasteiger partial charge on any atom is -0.369 e. The summed E-state index contributed by atoms with van der Waals surface area (Å²) in [6.45, 7) is 2.89. The fraction of sp³-hybridized carbons (Fsp3) is 0.250. The largest absolute Gasteiger partial charge is 0.369 e. The number of rotatable bonds is 4. The van der Waals surface area contributed by atoms with Crippen LogP contribution in [0, 0.1) is 0 Å². The smallest absolute Gasteiger partial charge is 0.148 e. The molecule has 0 aliphatic carbocycles. The maximum Gasteiger partial charge on any atom is 0.148 e. The monoisotopic (exact) mass is 214 g/mol. The highest BCUT2D eigenvalue weighted by Crippen LogP contribution is 2.07. The molecule has 1 N–H and O–H groups in total. The van der Waals surface area contributed by atoms with E-state index in [4.69, 9.17) is 0 Å². The molecule has 0 atom stereocenters. The first-order valence-corrected chi connectivity index (χ1v) is 5.34. The Balaban J connectivity index is 2.05. The van der Waals surface area contributed by atoms with Gasteiger partial charge < -0.3 is 5.32 Å². The Morgan fingerprint density at radius 2 is 2.12 bits per heavy atom. The van der Waals surface area contributed by atoms with Gasteiger partial charge >= 0.3 is 0 Å². The van der Waals surface area contributed by atoms with E-state index < -0.39 is 0 Å². The van der Waals surface area contributed by atoms with Crippen molar-refractivity contribution < 1.29 is 0 Å². The average molecular weight is 214 g/mol. The van der Waals surface area contributed by atoms with E-state index in [-0.39, 0.29) is 0 Å². The fourth-order valence-corrected chi connectivity index (χ4v) is 1.44. The molecular weight excluding hydrogens is 200 g/mol. The molecule has 0 aromatic carbocycles. The van der Waals surface area contributed by atoms with Crippen molar-refractivity contribution >= 4 is 5.82 Å². The summed E-state index contributed by atoms with van der Waals surface area (Å²) in [6, 6.07) is 7.89. The third-order valence-corrected chi connectivity index (χ3v) is 2.19. The van der Waals surface area contributed by atoms with Crippen molar-refractivity contribution in [2.24, 2.45) is 0 Å². The third kappa shape index (κ3) is 2.76. The fourth-order valence-electron chi connectivity index (χ4n) is 1.44. The lowest BCUT2D eigenvalue weighted by atomic mass is 10.1. The highest BCUT2D eigenvalue weighted by atomic mass is 15.2. The second kappa shape index (κ2) is 5.21. The zero-order chi connectivity index (χ0) is 11.2. The van der Waals surface area contributed by atoms with E-state index in [1.54, 1.807) is 6.20 Å². The average Bonchev–Trinajstić information content (AvgIpc) is 2.33.